The summed E-state index contributed by atoms with van der Waals surface area (Å²) in [7, 11) is 0. The topological polar surface area (TPSA) is 73.0 Å². The summed E-state index contributed by atoms with van der Waals surface area (Å²) < 4.78 is 7.45. The number of aryl methyl sites for hydroxylation is 2. The first kappa shape index (κ1) is 21.2. The molecular formula is C23H21ClN4O2S. The van der Waals surface area contributed by atoms with Crippen LogP contribution in [0.2, 0.25) is 5.02 Å². The summed E-state index contributed by atoms with van der Waals surface area (Å²) >= 11 is 7.36. The van der Waals surface area contributed by atoms with Gasteiger partial charge < -0.3 is 9.73 Å². The molecule has 8 heteroatoms. The Kier molecular flexibility index (Phi) is 6.44. The second-order valence-corrected chi connectivity index (χ2v) is 8.57. The maximum absolute atomic E-state index is 12.5. The Morgan fingerprint density at radius 2 is 1.84 bits per heavy atom. The van der Waals surface area contributed by atoms with E-state index < -0.39 is 0 Å². The van der Waals surface area contributed by atoms with Crippen molar-refractivity contribution in [3.05, 3.63) is 82.8 Å². The van der Waals surface area contributed by atoms with E-state index in [0.29, 0.717) is 22.5 Å². The van der Waals surface area contributed by atoms with Gasteiger partial charge in [0.2, 0.25) is 5.91 Å². The molecule has 158 valence electrons. The summed E-state index contributed by atoms with van der Waals surface area (Å²) in [5.41, 5.74) is 3.89. The third-order valence-corrected chi connectivity index (χ3v) is 5.77. The molecular weight excluding hydrogens is 432 g/mol. The van der Waals surface area contributed by atoms with Crippen molar-refractivity contribution in [2.24, 2.45) is 0 Å². The van der Waals surface area contributed by atoms with Gasteiger partial charge in [-0.1, -0.05) is 29.4 Å². The van der Waals surface area contributed by atoms with E-state index in [0.717, 1.165) is 28.1 Å². The van der Waals surface area contributed by atoms with Crippen LogP contribution >= 0.6 is 23.4 Å². The zero-order valence-electron chi connectivity index (χ0n) is 17.1. The van der Waals surface area contributed by atoms with Gasteiger partial charge in [0.05, 0.1) is 18.6 Å². The number of rotatable bonds is 7. The van der Waals surface area contributed by atoms with Crippen molar-refractivity contribution in [1.29, 1.82) is 0 Å². The molecule has 0 saturated carbocycles. The molecule has 2 aromatic heterocycles. The average Bonchev–Trinajstić information content (AvgIpc) is 3.37. The minimum atomic E-state index is -0.101. The van der Waals surface area contributed by atoms with Crippen LogP contribution in [0, 0.1) is 13.8 Å². The molecule has 4 rings (SSSR count). The monoisotopic (exact) mass is 452 g/mol. The molecule has 6 nitrogen and oxygen atoms in total. The summed E-state index contributed by atoms with van der Waals surface area (Å²) in [6.07, 6.45) is 1.63. The predicted molar refractivity (Wildman–Crippen MR) is 124 cm³/mol. The second-order valence-electron chi connectivity index (χ2n) is 7.19. The summed E-state index contributed by atoms with van der Waals surface area (Å²) in [4.78, 5) is 12.5. The zero-order valence-corrected chi connectivity index (χ0v) is 18.7. The van der Waals surface area contributed by atoms with Crippen molar-refractivity contribution in [1.82, 2.24) is 14.8 Å². The normalized spacial score (nSPS) is 10.9. The molecule has 1 amide bonds. The number of aromatic nitrogens is 3. The van der Waals surface area contributed by atoms with E-state index in [4.69, 9.17) is 16.0 Å². The smallest absolute Gasteiger partial charge is 0.234 e. The number of thioether (sulfide) groups is 1. The Hall–Kier alpha value is -3.03. The zero-order chi connectivity index (χ0) is 21.8. The molecule has 2 aromatic carbocycles. The number of carbonyl (C=O) groups excluding carboxylic acids is 1. The first-order valence-corrected chi connectivity index (χ1v) is 11.1. The maximum Gasteiger partial charge on any atom is 0.234 e. The van der Waals surface area contributed by atoms with Gasteiger partial charge in [-0.15, -0.1) is 10.2 Å². The fraction of sp³-hybridized carbons (Fsp3) is 0.174. The lowest BCUT2D eigenvalue weighted by atomic mass is 10.1. The Bertz CT molecular complexity index is 1170. The molecule has 0 unspecified atom stereocenters. The van der Waals surface area contributed by atoms with Crippen LogP contribution in [0.5, 0.6) is 0 Å². The number of nitrogens with one attached hydrogen (secondary N) is 1. The number of nitrogens with zero attached hydrogens (tertiary/aromatic N) is 3. The molecule has 31 heavy (non-hydrogen) atoms. The minimum Gasteiger partial charge on any atom is -0.467 e. The van der Waals surface area contributed by atoms with Gasteiger partial charge in [0.1, 0.15) is 5.76 Å². The van der Waals surface area contributed by atoms with Crippen LogP contribution in [0.25, 0.3) is 11.4 Å². The largest absolute Gasteiger partial charge is 0.467 e. The number of halogens is 1. The SMILES string of the molecule is Cc1cc(C)cc(NC(=O)CSc2nnc(-c3ccc(Cl)cc3)n2Cc2ccco2)c1. The number of benzene rings is 2. The van der Waals surface area contributed by atoms with Crippen molar-refractivity contribution in [2.75, 3.05) is 11.1 Å². The van der Waals surface area contributed by atoms with E-state index in [9.17, 15) is 4.79 Å². The molecule has 0 aliphatic carbocycles. The van der Waals surface area contributed by atoms with E-state index in [2.05, 4.69) is 21.6 Å². The van der Waals surface area contributed by atoms with E-state index in [-0.39, 0.29) is 11.7 Å². The van der Waals surface area contributed by atoms with E-state index in [1.54, 1.807) is 6.26 Å². The molecule has 0 aliphatic heterocycles. The second kappa shape index (κ2) is 9.41. The molecule has 1 N–H and O–H groups in total. The van der Waals surface area contributed by atoms with Gasteiger partial charge in [-0.05, 0) is 73.5 Å². The van der Waals surface area contributed by atoms with Gasteiger partial charge >= 0.3 is 0 Å². The van der Waals surface area contributed by atoms with Crippen LogP contribution < -0.4 is 5.32 Å². The quantitative estimate of drug-likeness (QED) is 0.370. The molecule has 2 heterocycles. The Morgan fingerprint density at radius 3 is 2.52 bits per heavy atom. The van der Waals surface area contributed by atoms with Gasteiger partial charge in [0.25, 0.3) is 0 Å². The van der Waals surface area contributed by atoms with Crippen LogP contribution in [-0.4, -0.2) is 26.4 Å². The lowest BCUT2D eigenvalue weighted by Crippen LogP contribution is -2.15. The number of furan rings is 1. The van der Waals surface area contributed by atoms with Gasteiger partial charge in [-0.25, -0.2) is 0 Å². The summed E-state index contributed by atoms with van der Waals surface area (Å²) in [6.45, 7) is 4.47. The first-order valence-electron chi connectivity index (χ1n) is 9.70. The lowest BCUT2D eigenvalue weighted by molar-refractivity contribution is -0.113. The van der Waals surface area contributed by atoms with Crippen molar-refractivity contribution in [3.8, 4) is 11.4 Å². The summed E-state index contributed by atoms with van der Waals surface area (Å²) in [5, 5.41) is 12.9. The number of anilines is 1. The molecule has 0 fully saturated rings. The highest BCUT2D eigenvalue weighted by Gasteiger charge is 2.17. The average molecular weight is 453 g/mol. The Labute approximate surface area is 189 Å². The third-order valence-electron chi connectivity index (χ3n) is 4.55. The van der Waals surface area contributed by atoms with Crippen molar-refractivity contribution >= 4 is 35.0 Å². The van der Waals surface area contributed by atoms with Crippen LogP contribution in [0.1, 0.15) is 16.9 Å². The standard InChI is InChI=1S/C23H21ClN4O2S/c1-15-10-16(2)12-19(11-15)25-21(29)14-31-23-27-26-22(17-5-7-18(24)8-6-17)28(23)13-20-4-3-9-30-20/h3-12H,13-14H2,1-2H3,(H,25,29). The molecule has 4 aromatic rings. The Morgan fingerprint density at radius 1 is 1.10 bits per heavy atom. The van der Waals surface area contributed by atoms with Gasteiger partial charge in [-0.3, -0.25) is 9.36 Å². The summed E-state index contributed by atoms with van der Waals surface area (Å²) in [5.74, 6) is 1.57. The maximum atomic E-state index is 12.5. The van der Waals surface area contributed by atoms with Crippen LogP contribution in [0.3, 0.4) is 0 Å². The third kappa shape index (κ3) is 5.37. The van der Waals surface area contributed by atoms with Gasteiger partial charge in [0.15, 0.2) is 11.0 Å². The highest BCUT2D eigenvalue weighted by molar-refractivity contribution is 7.99. The fourth-order valence-electron chi connectivity index (χ4n) is 3.28. The van der Waals surface area contributed by atoms with Gasteiger partial charge in [-0.2, -0.15) is 0 Å². The van der Waals surface area contributed by atoms with Gasteiger partial charge in [0, 0.05) is 16.3 Å². The van der Waals surface area contributed by atoms with Crippen LogP contribution in [0.15, 0.2) is 70.4 Å². The molecule has 0 spiro atoms. The summed E-state index contributed by atoms with van der Waals surface area (Å²) in [6, 6.07) is 17.1. The highest BCUT2D eigenvalue weighted by Crippen LogP contribution is 2.26. The predicted octanol–water partition coefficient (Wildman–Crippen LogP) is 5.59. The minimum absolute atomic E-state index is 0.101. The van der Waals surface area contributed by atoms with Crippen molar-refractivity contribution < 1.29 is 9.21 Å². The van der Waals surface area contributed by atoms with Crippen molar-refractivity contribution in [2.45, 2.75) is 25.5 Å². The lowest BCUT2D eigenvalue weighted by Gasteiger charge is -2.10. The fourth-order valence-corrected chi connectivity index (χ4v) is 4.15. The number of amides is 1. The molecule has 0 radical (unpaired) electrons. The number of carbonyl (C=O) groups is 1. The molecule has 0 bridgehead atoms. The first-order chi connectivity index (χ1) is 15.0. The highest BCUT2D eigenvalue weighted by atomic mass is 35.5. The number of hydrogen-bond acceptors (Lipinski definition) is 5. The van der Waals surface area contributed by atoms with Crippen LogP contribution in [0.4, 0.5) is 5.69 Å². The molecule has 0 aliphatic rings. The molecule has 0 saturated heterocycles. The van der Waals surface area contributed by atoms with Crippen molar-refractivity contribution in [3.63, 3.8) is 0 Å². The van der Waals surface area contributed by atoms with E-state index in [1.165, 1.54) is 11.8 Å². The Balaban J connectivity index is 1.53. The van der Waals surface area contributed by atoms with E-state index in [1.807, 2.05) is 66.9 Å². The van der Waals surface area contributed by atoms with Crippen LogP contribution in [-0.2, 0) is 11.3 Å². The number of hydrogen-bond donors (Lipinski definition) is 1. The molecule has 0 atom stereocenters. The van der Waals surface area contributed by atoms with E-state index >= 15 is 0 Å².